The molecule has 8 heteroatoms. The van der Waals surface area contributed by atoms with Crippen molar-refractivity contribution in [3.63, 3.8) is 0 Å². The van der Waals surface area contributed by atoms with E-state index in [2.05, 4.69) is 11.2 Å². The van der Waals surface area contributed by atoms with E-state index >= 15 is 0 Å². The van der Waals surface area contributed by atoms with Crippen LogP contribution in [0.25, 0.3) is 10.2 Å². The molecule has 1 fully saturated rings. The Bertz CT molecular complexity index is 936. The lowest BCUT2D eigenvalue weighted by atomic mass is 9.99. The number of hydrogen-bond donors (Lipinski definition) is 0. The number of rotatable bonds is 3. The first kappa shape index (κ1) is 15.7. The number of aromatic nitrogens is 3. The zero-order valence-corrected chi connectivity index (χ0v) is 14.9. The summed E-state index contributed by atoms with van der Waals surface area (Å²) in [6, 6.07) is 8.12. The van der Waals surface area contributed by atoms with Gasteiger partial charge in [-0.1, -0.05) is 12.1 Å². The molecule has 2 aromatic heterocycles. The molecule has 0 amide bonds. The topological polar surface area (TPSA) is 68.1 Å². The van der Waals surface area contributed by atoms with Gasteiger partial charge >= 0.3 is 0 Å². The molecule has 1 saturated heterocycles. The van der Waals surface area contributed by atoms with Crippen molar-refractivity contribution < 1.29 is 8.42 Å². The van der Waals surface area contributed by atoms with Crippen LogP contribution >= 0.6 is 11.3 Å². The Hall–Kier alpha value is -1.77. The monoisotopic (exact) mass is 362 g/mol. The predicted molar refractivity (Wildman–Crippen MR) is 93.6 cm³/mol. The van der Waals surface area contributed by atoms with Crippen molar-refractivity contribution >= 4 is 31.6 Å². The second kappa shape index (κ2) is 5.94. The van der Waals surface area contributed by atoms with Crippen LogP contribution in [0.2, 0.25) is 0 Å². The number of nitrogens with zero attached hydrogens (tertiary/aromatic N) is 4. The molecule has 126 valence electrons. The van der Waals surface area contributed by atoms with Gasteiger partial charge in [0.25, 0.3) is 0 Å². The Balaban J connectivity index is 1.50. The first-order valence-electron chi connectivity index (χ1n) is 7.88. The first-order chi connectivity index (χ1) is 11.5. The Kier molecular flexibility index (Phi) is 3.90. The van der Waals surface area contributed by atoms with E-state index in [-0.39, 0.29) is 4.90 Å². The lowest BCUT2D eigenvalue weighted by Gasteiger charge is -2.29. The molecule has 4 rings (SSSR count). The molecule has 1 aromatic carbocycles. The number of fused-ring (bicyclic) bond motifs is 1. The van der Waals surface area contributed by atoms with Gasteiger partial charge in [0.05, 0.1) is 21.4 Å². The third-order valence-corrected chi connectivity index (χ3v) is 7.48. The molecule has 1 aliphatic rings. The van der Waals surface area contributed by atoms with E-state index in [0.717, 1.165) is 23.4 Å². The van der Waals surface area contributed by atoms with Gasteiger partial charge in [0.15, 0.2) is 0 Å². The van der Waals surface area contributed by atoms with Gasteiger partial charge in [-0.25, -0.2) is 13.4 Å². The average Bonchev–Trinajstić information content (AvgIpc) is 3.21. The lowest BCUT2D eigenvalue weighted by molar-refractivity contribution is 0.319. The summed E-state index contributed by atoms with van der Waals surface area (Å²) in [5.41, 5.74) is 1.03. The van der Waals surface area contributed by atoms with Gasteiger partial charge in [0.1, 0.15) is 4.90 Å². The summed E-state index contributed by atoms with van der Waals surface area (Å²) in [6.45, 7) is 1.05. The summed E-state index contributed by atoms with van der Waals surface area (Å²) in [6.07, 6.45) is 4.57. The van der Waals surface area contributed by atoms with E-state index in [1.165, 1.54) is 15.6 Å². The molecular formula is C16H18N4O2S2. The maximum atomic E-state index is 12.6. The maximum absolute atomic E-state index is 12.6. The molecule has 24 heavy (non-hydrogen) atoms. The van der Waals surface area contributed by atoms with Gasteiger partial charge in [-0.05, 0) is 25.0 Å². The van der Waals surface area contributed by atoms with E-state index in [1.54, 1.807) is 28.9 Å². The fourth-order valence-corrected chi connectivity index (χ4v) is 5.68. The highest BCUT2D eigenvalue weighted by molar-refractivity contribution is 7.89. The molecule has 1 aliphatic heterocycles. The normalized spacial score (nSPS) is 17.5. The fourth-order valence-electron chi connectivity index (χ4n) is 3.09. The third-order valence-electron chi connectivity index (χ3n) is 4.43. The molecule has 3 heterocycles. The minimum atomic E-state index is -3.44. The van der Waals surface area contributed by atoms with E-state index in [9.17, 15) is 8.42 Å². The minimum absolute atomic E-state index is 0.267. The molecule has 0 unspecified atom stereocenters. The van der Waals surface area contributed by atoms with Gasteiger partial charge in [0.2, 0.25) is 10.0 Å². The molecule has 0 spiro atoms. The molecular weight excluding hydrogens is 344 g/mol. The van der Waals surface area contributed by atoms with Crippen LogP contribution in [-0.4, -0.2) is 40.6 Å². The summed E-state index contributed by atoms with van der Waals surface area (Å²) in [5, 5.41) is 5.09. The molecule has 6 nitrogen and oxygen atoms in total. The van der Waals surface area contributed by atoms with Crippen molar-refractivity contribution in [3.05, 3.63) is 41.7 Å². The summed E-state index contributed by atoms with van der Waals surface area (Å²) >= 11 is 1.72. The largest absolute Gasteiger partial charge is 0.274 e. The number of hydrogen-bond acceptors (Lipinski definition) is 5. The standard InChI is InChI=1S/C16H18N4O2S2/c1-19-11-13(10-17-19)24(21,22)20-8-6-12(7-9-20)16-18-14-4-2-3-5-15(14)23-16/h2-5,10-12H,6-9H2,1H3. The van der Waals surface area contributed by atoms with Crippen LogP contribution in [-0.2, 0) is 17.1 Å². The molecule has 0 atom stereocenters. The van der Waals surface area contributed by atoms with Gasteiger partial charge < -0.3 is 0 Å². The van der Waals surface area contributed by atoms with Crippen LogP contribution in [0.3, 0.4) is 0 Å². The van der Waals surface area contributed by atoms with Crippen molar-refractivity contribution in [1.29, 1.82) is 0 Å². The van der Waals surface area contributed by atoms with E-state index in [1.807, 2.05) is 18.2 Å². The number of piperidine rings is 1. The van der Waals surface area contributed by atoms with Crippen molar-refractivity contribution in [2.75, 3.05) is 13.1 Å². The van der Waals surface area contributed by atoms with Crippen LogP contribution in [0.15, 0.2) is 41.6 Å². The highest BCUT2D eigenvalue weighted by Crippen LogP contribution is 2.35. The van der Waals surface area contributed by atoms with Crippen LogP contribution < -0.4 is 0 Å². The summed E-state index contributed by atoms with van der Waals surface area (Å²) in [4.78, 5) is 4.99. The lowest BCUT2D eigenvalue weighted by Crippen LogP contribution is -2.37. The van der Waals surface area contributed by atoms with Crippen LogP contribution in [0.1, 0.15) is 23.8 Å². The highest BCUT2D eigenvalue weighted by Gasteiger charge is 2.31. The third kappa shape index (κ3) is 2.74. The summed E-state index contributed by atoms with van der Waals surface area (Å²) in [5.74, 6) is 0.336. The maximum Gasteiger partial charge on any atom is 0.246 e. The Morgan fingerprint density at radius 2 is 1.96 bits per heavy atom. The number of sulfonamides is 1. The predicted octanol–water partition coefficient (Wildman–Crippen LogP) is 2.60. The number of aryl methyl sites for hydroxylation is 1. The average molecular weight is 362 g/mol. The molecule has 0 radical (unpaired) electrons. The number of para-hydroxylation sites is 1. The van der Waals surface area contributed by atoms with Gasteiger partial charge in [-0.15, -0.1) is 11.3 Å². The van der Waals surface area contributed by atoms with Crippen molar-refractivity contribution in [1.82, 2.24) is 19.1 Å². The van der Waals surface area contributed by atoms with E-state index in [4.69, 9.17) is 4.98 Å². The molecule has 0 bridgehead atoms. The number of benzene rings is 1. The molecule has 3 aromatic rings. The quantitative estimate of drug-likeness (QED) is 0.718. The van der Waals surface area contributed by atoms with Crippen molar-refractivity contribution in [2.24, 2.45) is 7.05 Å². The van der Waals surface area contributed by atoms with Crippen LogP contribution in [0, 0.1) is 0 Å². The second-order valence-electron chi connectivity index (χ2n) is 6.05. The summed E-state index contributed by atoms with van der Waals surface area (Å²) in [7, 11) is -1.72. The van der Waals surface area contributed by atoms with E-state index in [0.29, 0.717) is 19.0 Å². The Labute approximate surface area is 144 Å². The van der Waals surface area contributed by atoms with Crippen molar-refractivity contribution in [2.45, 2.75) is 23.7 Å². The zero-order valence-electron chi connectivity index (χ0n) is 13.3. The van der Waals surface area contributed by atoms with Gasteiger partial charge in [0, 0.05) is 32.3 Å². The zero-order chi connectivity index (χ0) is 16.7. The molecule has 0 N–H and O–H groups in total. The molecule has 0 aliphatic carbocycles. The first-order valence-corrected chi connectivity index (χ1v) is 10.1. The molecule has 0 saturated carbocycles. The SMILES string of the molecule is Cn1cc(S(=O)(=O)N2CCC(c3nc4ccccc4s3)CC2)cn1. The van der Waals surface area contributed by atoms with E-state index < -0.39 is 10.0 Å². The number of thiazole rings is 1. The Morgan fingerprint density at radius 3 is 2.62 bits per heavy atom. The smallest absolute Gasteiger partial charge is 0.246 e. The fraction of sp³-hybridized carbons (Fsp3) is 0.375. The van der Waals surface area contributed by atoms with Gasteiger partial charge in [-0.3, -0.25) is 4.68 Å². The van der Waals surface area contributed by atoms with Gasteiger partial charge in [-0.2, -0.15) is 9.40 Å². The van der Waals surface area contributed by atoms with Crippen LogP contribution in [0.5, 0.6) is 0 Å². The summed E-state index contributed by atoms with van der Waals surface area (Å²) < 4.78 is 29.6. The Morgan fingerprint density at radius 1 is 1.21 bits per heavy atom. The minimum Gasteiger partial charge on any atom is -0.274 e. The highest BCUT2D eigenvalue weighted by atomic mass is 32.2. The van der Waals surface area contributed by atoms with Crippen molar-refractivity contribution in [3.8, 4) is 0 Å². The van der Waals surface area contributed by atoms with Crippen LogP contribution in [0.4, 0.5) is 0 Å². The second-order valence-corrected chi connectivity index (χ2v) is 9.05.